The van der Waals surface area contributed by atoms with E-state index in [1.807, 2.05) is 18.2 Å². The zero-order valence-corrected chi connectivity index (χ0v) is 12.2. The number of rotatable bonds is 4. The van der Waals surface area contributed by atoms with Crippen LogP contribution >= 0.6 is 11.3 Å². The van der Waals surface area contributed by atoms with E-state index in [0.717, 1.165) is 22.9 Å². The van der Waals surface area contributed by atoms with Gasteiger partial charge in [0.25, 0.3) is 0 Å². The van der Waals surface area contributed by atoms with Crippen LogP contribution in [0.25, 0.3) is 11.3 Å². The van der Waals surface area contributed by atoms with E-state index in [0.29, 0.717) is 0 Å². The first-order chi connectivity index (χ1) is 9.81. The van der Waals surface area contributed by atoms with Crippen molar-refractivity contribution >= 4 is 17.0 Å². The topological polar surface area (TPSA) is 24.9 Å². The minimum Gasteiger partial charge on any atom is -0.379 e. The summed E-state index contributed by atoms with van der Waals surface area (Å²) in [6.07, 6.45) is 0. The summed E-state index contributed by atoms with van der Waals surface area (Å²) in [4.78, 5) is 4.67. The highest BCUT2D eigenvalue weighted by molar-refractivity contribution is 7.09. The van der Waals surface area contributed by atoms with Crippen molar-refractivity contribution < 1.29 is 0 Å². The molecule has 20 heavy (non-hydrogen) atoms. The van der Waals surface area contributed by atoms with Gasteiger partial charge in [0.15, 0.2) is 0 Å². The Hall–Kier alpha value is -2.13. The molecule has 0 aliphatic carbocycles. The van der Waals surface area contributed by atoms with E-state index in [9.17, 15) is 0 Å². The van der Waals surface area contributed by atoms with Gasteiger partial charge in [0.2, 0.25) is 0 Å². The van der Waals surface area contributed by atoms with Gasteiger partial charge >= 0.3 is 0 Å². The monoisotopic (exact) mass is 280 g/mol. The van der Waals surface area contributed by atoms with Crippen molar-refractivity contribution in [1.82, 2.24) is 4.98 Å². The van der Waals surface area contributed by atoms with Crippen LogP contribution in [0.5, 0.6) is 0 Å². The van der Waals surface area contributed by atoms with Gasteiger partial charge in [-0.25, -0.2) is 4.98 Å². The zero-order chi connectivity index (χ0) is 13.8. The van der Waals surface area contributed by atoms with Gasteiger partial charge in [-0.2, -0.15) is 0 Å². The van der Waals surface area contributed by atoms with Gasteiger partial charge in [0, 0.05) is 16.6 Å². The van der Waals surface area contributed by atoms with E-state index >= 15 is 0 Å². The lowest BCUT2D eigenvalue weighted by molar-refractivity contribution is 1.11. The van der Waals surface area contributed by atoms with Crippen LogP contribution in [0, 0.1) is 6.92 Å². The van der Waals surface area contributed by atoms with Crippen molar-refractivity contribution in [3.63, 3.8) is 0 Å². The summed E-state index contributed by atoms with van der Waals surface area (Å²) in [5.74, 6) is 0. The first-order valence-corrected chi connectivity index (χ1v) is 7.49. The number of benzene rings is 2. The second kappa shape index (κ2) is 5.88. The highest BCUT2D eigenvalue weighted by atomic mass is 32.1. The summed E-state index contributed by atoms with van der Waals surface area (Å²) in [7, 11) is 0. The first-order valence-electron chi connectivity index (χ1n) is 6.61. The molecule has 0 spiro atoms. The Bertz CT molecular complexity index is 672. The number of aryl methyl sites for hydroxylation is 1. The van der Waals surface area contributed by atoms with Crippen molar-refractivity contribution in [3.8, 4) is 11.3 Å². The lowest BCUT2D eigenvalue weighted by Gasteiger charge is -2.04. The molecule has 3 heteroatoms. The Labute approximate surface area is 123 Å². The third-order valence-electron chi connectivity index (χ3n) is 3.12. The third-order valence-corrected chi connectivity index (χ3v) is 3.97. The standard InChI is InChI=1S/C17H16N2S/c1-13-7-9-15(10-8-13)18-11-17-19-16(12-20-17)14-5-3-2-4-6-14/h2-10,12,18H,11H2,1H3. The highest BCUT2D eigenvalue weighted by Crippen LogP contribution is 2.22. The predicted molar refractivity (Wildman–Crippen MR) is 86.1 cm³/mol. The second-order valence-electron chi connectivity index (χ2n) is 4.71. The van der Waals surface area contributed by atoms with Crippen molar-refractivity contribution in [2.75, 3.05) is 5.32 Å². The maximum atomic E-state index is 4.67. The van der Waals surface area contributed by atoms with Crippen LogP contribution in [0.15, 0.2) is 60.0 Å². The van der Waals surface area contributed by atoms with E-state index < -0.39 is 0 Å². The third kappa shape index (κ3) is 3.06. The molecule has 0 bridgehead atoms. The van der Waals surface area contributed by atoms with E-state index in [1.165, 1.54) is 11.1 Å². The van der Waals surface area contributed by atoms with Gasteiger partial charge in [-0.05, 0) is 19.1 Å². The van der Waals surface area contributed by atoms with Crippen LogP contribution in [0.3, 0.4) is 0 Å². The van der Waals surface area contributed by atoms with Crippen LogP contribution in [0.2, 0.25) is 0 Å². The van der Waals surface area contributed by atoms with Crippen LogP contribution in [-0.4, -0.2) is 4.98 Å². The molecule has 0 aliphatic heterocycles. The molecule has 0 amide bonds. The minimum atomic E-state index is 0.764. The number of anilines is 1. The Morgan fingerprint density at radius 3 is 2.50 bits per heavy atom. The normalized spacial score (nSPS) is 10.4. The molecule has 2 nitrogen and oxygen atoms in total. The number of hydrogen-bond donors (Lipinski definition) is 1. The van der Waals surface area contributed by atoms with Gasteiger partial charge in [-0.3, -0.25) is 0 Å². The Morgan fingerprint density at radius 1 is 1.00 bits per heavy atom. The first kappa shape index (κ1) is 12.9. The quantitative estimate of drug-likeness (QED) is 0.747. The van der Waals surface area contributed by atoms with Crippen LogP contribution in [-0.2, 0) is 6.54 Å². The molecule has 0 atom stereocenters. The van der Waals surface area contributed by atoms with E-state index in [2.05, 4.69) is 59.0 Å². The molecule has 3 rings (SSSR count). The Morgan fingerprint density at radius 2 is 1.75 bits per heavy atom. The van der Waals surface area contributed by atoms with Crippen molar-refractivity contribution in [3.05, 3.63) is 70.5 Å². The average Bonchev–Trinajstić information content (AvgIpc) is 2.97. The lowest BCUT2D eigenvalue weighted by atomic mass is 10.2. The number of thiazole rings is 1. The molecular formula is C17H16N2S. The molecule has 0 aliphatic rings. The number of hydrogen-bond acceptors (Lipinski definition) is 3. The molecule has 3 aromatic rings. The number of aromatic nitrogens is 1. The smallest absolute Gasteiger partial charge is 0.112 e. The summed E-state index contributed by atoms with van der Waals surface area (Å²) in [5.41, 5.74) is 4.63. The van der Waals surface area contributed by atoms with Gasteiger partial charge < -0.3 is 5.32 Å². The predicted octanol–water partition coefficient (Wildman–Crippen LogP) is 4.73. The molecule has 0 radical (unpaired) electrons. The fraction of sp³-hybridized carbons (Fsp3) is 0.118. The zero-order valence-electron chi connectivity index (χ0n) is 11.3. The maximum absolute atomic E-state index is 4.67. The fourth-order valence-corrected chi connectivity index (χ4v) is 2.73. The van der Waals surface area contributed by atoms with E-state index in [1.54, 1.807) is 11.3 Å². The van der Waals surface area contributed by atoms with Crippen molar-refractivity contribution in [1.29, 1.82) is 0 Å². The Kier molecular flexibility index (Phi) is 3.79. The molecule has 1 N–H and O–H groups in total. The molecule has 0 saturated heterocycles. The minimum absolute atomic E-state index is 0.764. The number of nitrogens with one attached hydrogen (secondary N) is 1. The van der Waals surface area contributed by atoms with Crippen molar-refractivity contribution in [2.45, 2.75) is 13.5 Å². The maximum Gasteiger partial charge on any atom is 0.112 e. The van der Waals surface area contributed by atoms with Gasteiger partial charge in [-0.15, -0.1) is 11.3 Å². The summed E-state index contributed by atoms with van der Waals surface area (Å²) >= 11 is 1.69. The molecule has 0 saturated carbocycles. The Balaban J connectivity index is 1.67. The molecule has 1 aromatic heterocycles. The lowest BCUT2D eigenvalue weighted by Crippen LogP contribution is -1.98. The van der Waals surface area contributed by atoms with Crippen LogP contribution in [0.4, 0.5) is 5.69 Å². The van der Waals surface area contributed by atoms with Crippen LogP contribution in [0.1, 0.15) is 10.6 Å². The molecule has 0 fully saturated rings. The summed E-state index contributed by atoms with van der Waals surface area (Å²) in [5, 5.41) is 6.61. The molecule has 2 aromatic carbocycles. The van der Waals surface area contributed by atoms with Gasteiger partial charge in [0.1, 0.15) is 5.01 Å². The average molecular weight is 280 g/mol. The molecular weight excluding hydrogens is 264 g/mol. The van der Waals surface area contributed by atoms with E-state index in [4.69, 9.17) is 0 Å². The second-order valence-corrected chi connectivity index (χ2v) is 5.65. The van der Waals surface area contributed by atoms with Gasteiger partial charge in [-0.1, -0.05) is 48.0 Å². The highest BCUT2D eigenvalue weighted by Gasteiger charge is 2.03. The SMILES string of the molecule is Cc1ccc(NCc2nc(-c3ccccc3)cs2)cc1. The molecule has 0 unspecified atom stereocenters. The van der Waals surface area contributed by atoms with E-state index in [-0.39, 0.29) is 0 Å². The summed E-state index contributed by atoms with van der Waals surface area (Å²) < 4.78 is 0. The fourth-order valence-electron chi connectivity index (χ4n) is 1.98. The summed E-state index contributed by atoms with van der Waals surface area (Å²) in [6.45, 7) is 2.86. The largest absolute Gasteiger partial charge is 0.379 e. The number of nitrogens with zero attached hydrogens (tertiary/aromatic N) is 1. The molecule has 1 heterocycles. The molecule has 100 valence electrons. The van der Waals surface area contributed by atoms with Gasteiger partial charge in [0.05, 0.1) is 12.2 Å². The van der Waals surface area contributed by atoms with Crippen molar-refractivity contribution in [2.24, 2.45) is 0 Å². The summed E-state index contributed by atoms with van der Waals surface area (Å²) in [6, 6.07) is 18.7. The van der Waals surface area contributed by atoms with Crippen LogP contribution < -0.4 is 5.32 Å².